The zero-order chi connectivity index (χ0) is 9.73. The maximum atomic E-state index is 4.01. The molecule has 0 fully saturated rings. The molecule has 0 aliphatic rings. The van der Waals surface area contributed by atoms with Crippen molar-refractivity contribution >= 4 is 0 Å². The van der Waals surface area contributed by atoms with Crippen LogP contribution in [-0.2, 0) is 6.42 Å². The van der Waals surface area contributed by atoms with E-state index < -0.39 is 0 Å². The van der Waals surface area contributed by atoms with Gasteiger partial charge in [0.15, 0.2) is 0 Å². The van der Waals surface area contributed by atoms with Crippen molar-refractivity contribution in [2.75, 3.05) is 0 Å². The zero-order valence-corrected chi connectivity index (χ0v) is 8.93. The van der Waals surface area contributed by atoms with Crippen LogP contribution in [0.2, 0.25) is 0 Å². The second kappa shape index (κ2) is 4.45. The average Bonchev–Trinajstić information content (AvgIpc) is 2.52. The fourth-order valence-electron chi connectivity index (χ4n) is 1.70. The first-order chi connectivity index (χ1) is 6.14. The quantitative estimate of drug-likeness (QED) is 0.740. The second-order valence-electron chi connectivity index (χ2n) is 4.49. The molecule has 74 valence electrons. The lowest BCUT2D eigenvalue weighted by atomic mass is 9.83. The van der Waals surface area contributed by atoms with Crippen LogP contribution in [0.15, 0.2) is 12.5 Å². The molecule has 0 bridgehead atoms. The van der Waals surface area contributed by atoms with Crippen molar-refractivity contribution in [2.24, 2.45) is 5.41 Å². The molecular weight excluding hydrogens is 160 g/mol. The number of rotatable bonds is 5. The molecule has 0 amide bonds. The number of hydrogen-bond acceptors (Lipinski definition) is 1. The van der Waals surface area contributed by atoms with E-state index in [-0.39, 0.29) is 0 Å². The summed E-state index contributed by atoms with van der Waals surface area (Å²) in [5.41, 5.74) is 1.73. The summed E-state index contributed by atoms with van der Waals surface area (Å²) in [6.07, 6.45) is 8.61. The van der Waals surface area contributed by atoms with Crippen molar-refractivity contribution in [1.82, 2.24) is 9.97 Å². The molecule has 0 radical (unpaired) electrons. The fraction of sp³-hybridized carbons (Fsp3) is 0.727. The van der Waals surface area contributed by atoms with E-state index in [9.17, 15) is 0 Å². The number of aryl methyl sites for hydroxylation is 1. The van der Waals surface area contributed by atoms with Gasteiger partial charge >= 0.3 is 0 Å². The van der Waals surface area contributed by atoms with E-state index >= 15 is 0 Å². The van der Waals surface area contributed by atoms with Crippen LogP contribution in [0.5, 0.6) is 0 Å². The number of H-pyrrole nitrogens is 1. The van der Waals surface area contributed by atoms with Gasteiger partial charge in [0, 0.05) is 11.9 Å². The summed E-state index contributed by atoms with van der Waals surface area (Å²) < 4.78 is 0. The number of hydrogen-bond donors (Lipinski definition) is 1. The van der Waals surface area contributed by atoms with Crippen LogP contribution >= 0.6 is 0 Å². The van der Waals surface area contributed by atoms with Crippen LogP contribution in [0, 0.1) is 5.41 Å². The first kappa shape index (κ1) is 10.3. The number of aromatic nitrogens is 2. The Bertz CT molecular complexity index is 224. The van der Waals surface area contributed by atoms with Gasteiger partial charge in [-0.2, -0.15) is 0 Å². The minimum Gasteiger partial charge on any atom is -0.348 e. The van der Waals surface area contributed by atoms with E-state index in [4.69, 9.17) is 0 Å². The van der Waals surface area contributed by atoms with E-state index in [0.29, 0.717) is 5.41 Å². The van der Waals surface area contributed by atoms with Crippen LogP contribution in [0.1, 0.15) is 45.7 Å². The molecule has 0 saturated heterocycles. The van der Waals surface area contributed by atoms with Crippen molar-refractivity contribution < 1.29 is 0 Å². The summed E-state index contributed by atoms with van der Waals surface area (Å²) in [7, 11) is 0. The fourth-order valence-corrected chi connectivity index (χ4v) is 1.70. The smallest absolute Gasteiger partial charge is 0.0921 e. The summed E-state index contributed by atoms with van der Waals surface area (Å²) in [6.45, 7) is 6.93. The highest BCUT2D eigenvalue weighted by molar-refractivity contribution is 4.95. The van der Waals surface area contributed by atoms with Gasteiger partial charge in [-0.25, -0.2) is 4.98 Å². The third-order valence-electron chi connectivity index (χ3n) is 2.55. The molecule has 0 aromatic carbocycles. The van der Waals surface area contributed by atoms with Crippen LogP contribution in [0.3, 0.4) is 0 Å². The first-order valence-corrected chi connectivity index (χ1v) is 5.11. The highest BCUT2D eigenvalue weighted by Crippen LogP contribution is 2.27. The second-order valence-corrected chi connectivity index (χ2v) is 4.49. The summed E-state index contributed by atoms with van der Waals surface area (Å²) in [4.78, 5) is 7.15. The van der Waals surface area contributed by atoms with E-state index in [0.717, 1.165) is 6.42 Å². The average molecular weight is 180 g/mol. The Morgan fingerprint density at radius 3 is 2.69 bits per heavy atom. The number of imidazole rings is 1. The summed E-state index contributed by atoms with van der Waals surface area (Å²) >= 11 is 0. The van der Waals surface area contributed by atoms with Crippen LogP contribution in [0.4, 0.5) is 0 Å². The van der Waals surface area contributed by atoms with Crippen molar-refractivity contribution in [3.63, 3.8) is 0 Å². The van der Waals surface area contributed by atoms with E-state index in [1.54, 1.807) is 6.33 Å². The summed E-state index contributed by atoms with van der Waals surface area (Å²) in [5, 5.41) is 0. The Labute approximate surface area is 80.8 Å². The van der Waals surface area contributed by atoms with Crippen molar-refractivity contribution in [2.45, 2.75) is 46.5 Å². The normalized spacial score (nSPS) is 11.9. The summed E-state index contributed by atoms with van der Waals surface area (Å²) in [5.74, 6) is 0. The predicted octanol–water partition coefficient (Wildman–Crippen LogP) is 3.17. The molecule has 0 atom stereocenters. The van der Waals surface area contributed by atoms with Gasteiger partial charge in [-0.15, -0.1) is 0 Å². The number of nitrogens with one attached hydrogen (secondary N) is 1. The molecule has 1 N–H and O–H groups in total. The minimum atomic E-state index is 0.472. The van der Waals surface area contributed by atoms with Gasteiger partial charge < -0.3 is 4.98 Å². The van der Waals surface area contributed by atoms with Crippen molar-refractivity contribution in [3.05, 3.63) is 18.2 Å². The van der Waals surface area contributed by atoms with Crippen molar-refractivity contribution in [1.29, 1.82) is 0 Å². The third kappa shape index (κ3) is 3.62. The molecule has 0 unspecified atom stereocenters. The molecule has 0 spiro atoms. The number of nitrogens with zero attached hydrogens (tertiary/aromatic N) is 1. The Kier molecular flexibility index (Phi) is 3.52. The monoisotopic (exact) mass is 180 g/mol. The maximum Gasteiger partial charge on any atom is 0.0921 e. The molecule has 0 aliphatic heterocycles. The molecule has 1 heterocycles. The lowest BCUT2D eigenvalue weighted by Crippen LogP contribution is -2.12. The lowest BCUT2D eigenvalue weighted by Gasteiger charge is -2.23. The molecule has 0 aliphatic carbocycles. The molecule has 1 aromatic heterocycles. The predicted molar refractivity (Wildman–Crippen MR) is 55.6 cm³/mol. The maximum absolute atomic E-state index is 4.01. The lowest BCUT2D eigenvalue weighted by molar-refractivity contribution is 0.304. The highest BCUT2D eigenvalue weighted by atomic mass is 14.9. The molecular formula is C11H20N2. The molecule has 2 heteroatoms. The molecule has 1 aromatic rings. The standard InChI is InChI=1S/C11H20N2/c1-4-6-11(2,3)7-5-10-8-12-9-13-10/h8-9H,4-7H2,1-3H3,(H,12,13). The van der Waals surface area contributed by atoms with Gasteiger partial charge in [0.2, 0.25) is 0 Å². The first-order valence-electron chi connectivity index (χ1n) is 5.11. The zero-order valence-electron chi connectivity index (χ0n) is 8.93. The van der Waals surface area contributed by atoms with Crippen molar-refractivity contribution in [3.8, 4) is 0 Å². The Hall–Kier alpha value is -0.790. The highest BCUT2D eigenvalue weighted by Gasteiger charge is 2.16. The molecule has 13 heavy (non-hydrogen) atoms. The minimum absolute atomic E-state index is 0.472. The molecule has 0 saturated carbocycles. The van der Waals surface area contributed by atoms with Gasteiger partial charge in [0.25, 0.3) is 0 Å². The van der Waals surface area contributed by atoms with Gasteiger partial charge in [-0.05, 0) is 24.7 Å². The Morgan fingerprint density at radius 2 is 2.15 bits per heavy atom. The van der Waals surface area contributed by atoms with Gasteiger partial charge in [0.05, 0.1) is 6.33 Å². The number of aromatic amines is 1. The Morgan fingerprint density at radius 1 is 1.38 bits per heavy atom. The van der Waals surface area contributed by atoms with E-state index in [1.807, 2.05) is 6.20 Å². The molecule has 1 rings (SSSR count). The van der Waals surface area contributed by atoms with Crippen LogP contribution in [0.25, 0.3) is 0 Å². The molecule has 2 nitrogen and oxygen atoms in total. The SMILES string of the molecule is CCCC(C)(C)CCc1cnc[nH]1. The van der Waals surface area contributed by atoms with Gasteiger partial charge in [-0.1, -0.05) is 27.2 Å². The van der Waals surface area contributed by atoms with Crippen LogP contribution < -0.4 is 0 Å². The van der Waals surface area contributed by atoms with E-state index in [1.165, 1.54) is 25.0 Å². The van der Waals surface area contributed by atoms with E-state index in [2.05, 4.69) is 30.7 Å². The van der Waals surface area contributed by atoms with Crippen LogP contribution in [-0.4, -0.2) is 9.97 Å². The Balaban J connectivity index is 2.33. The third-order valence-corrected chi connectivity index (χ3v) is 2.55. The van der Waals surface area contributed by atoms with Gasteiger partial charge in [0.1, 0.15) is 0 Å². The topological polar surface area (TPSA) is 28.7 Å². The summed E-state index contributed by atoms with van der Waals surface area (Å²) in [6, 6.07) is 0. The largest absolute Gasteiger partial charge is 0.348 e. The van der Waals surface area contributed by atoms with Gasteiger partial charge in [-0.3, -0.25) is 0 Å².